The lowest BCUT2D eigenvalue weighted by atomic mass is 10.1. The molecule has 2 aromatic carbocycles. The van der Waals surface area contributed by atoms with Crippen molar-refractivity contribution in [3.63, 3.8) is 0 Å². The number of rotatable bonds is 10. The number of aromatic nitrogens is 3. The number of hydrogen-bond donors (Lipinski definition) is 0. The standard InChI is InChI=1S/C22H26FN3O4S/c1-14(2)30-10-11-31-22-25-24-21(26(22)17-9-7-6-8-16(17)23)15-12-18(27-3)20(29-5)19(13-15)28-4/h6-9,12-14H,10-11H2,1-5H3. The summed E-state index contributed by atoms with van der Waals surface area (Å²) in [4.78, 5) is 0. The van der Waals surface area contributed by atoms with Gasteiger partial charge in [-0.15, -0.1) is 10.2 Å². The number of methoxy groups -OCH3 is 3. The van der Waals surface area contributed by atoms with Crippen LogP contribution < -0.4 is 14.2 Å². The topological polar surface area (TPSA) is 67.6 Å². The molecular weight excluding hydrogens is 421 g/mol. The van der Waals surface area contributed by atoms with E-state index in [1.807, 2.05) is 13.8 Å². The lowest BCUT2D eigenvalue weighted by Crippen LogP contribution is -2.07. The van der Waals surface area contributed by atoms with E-state index >= 15 is 0 Å². The first-order valence-electron chi connectivity index (χ1n) is 9.75. The maximum Gasteiger partial charge on any atom is 0.203 e. The van der Waals surface area contributed by atoms with Gasteiger partial charge in [0.1, 0.15) is 5.82 Å². The highest BCUT2D eigenvalue weighted by Gasteiger charge is 2.22. The molecular formula is C22H26FN3O4S. The van der Waals surface area contributed by atoms with Crippen molar-refractivity contribution in [3.8, 4) is 34.3 Å². The van der Waals surface area contributed by atoms with Crippen LogP contribution in [-0.2, 0) is 4.74 Å². The number of para-hydroxylation sites is 1. The Kier molecular flexibility index (Phi) is 7.75. The first-order valence-corrected chi connectivity index (χ1v) is 10.7. The van der Waals surface area contributed by atoms with Gasteiger partial charge in [0, 0.05) is 11.3 Å². The zero-order chi connectivity index (χ0) is 22.4. The molecule has 0 spiro atoms. The van der Waals surface area contributed by atoms with Gasteiger partial charge in [-0.25, -0.2) is 4.39 Å². The summed E-state index contributed by atoms with van der Waals surface area (Å²) in [5, 5.41) is 9.23. The van der Waals surface area contributed by atoms with Crippen molar-refractivity contribution in [1.29, 1.82) is 0 Å². The van der Waals surface area contributed by atoms with Crippen LogP contribution in [0.15, 0.2) is 41.6 Å². The summed E-state index contributed by atoms with van der Waals surface area (Å²) in [6.07, 6.45) is 0.139. The second kappa shape index (κ2) is 10.5. The van der Waals surface area contributed by atoms with Crippen molar-refractivity contribution < 1.29 is 23.3 Å². The van der Waals surface area contributed by atoms with Crippen LogP contribution in [0.3, 0.4) is 0 Å². The summed E-state index contributed by atoms with van der Waals surface area (Å²) in [6.45, 7) is 4.51. The highest BCUT2D eigenvalue weighted by atomic mass is 32.2. The largest absolute Gasteiger partial charge is 0.493 e. The van der Waals surface area contributed by atoms with Crippen molar-refractivity contribution in [2.75, 3.05) is 33.7 Å². The average molecular weight is 448 g/mol. The van der Waals surface area contributed by atoms with E-state index in [1.54, 1.807) is 49.1 Å². The number of halogens is 1. The molecule has 31 heavy (non-hydrogen) atoms. The Labute approximate surface area is 185 Å². The van der Waals surface area contributed by atoms with Crippen LogP contribution in [-0.4, -0.2) is 54.6 Å². The van der Waals surface area contributed by atoms with Gasteiger partial charge < -0.3 is 18.9 Å². The zero-order valence-corrected chi connectivity index (χ0v) is 19.0. The minimum Gasteiger partial charge on any atom is -0.493 e. The van der Waals surface area contributed by atoms with Crippen LogP contribution in [0.25, 0.3) is 17.1 Å². The molecule has 9 heteroatoms. The number of ether oxygens (including phenoxy) is 4. The quantitative estimate of drug-likeness (QED) is 0.332. The van der Waals surface area contributed by atoms with Crippen molar-refractivity contribution in [2.24, 2.45) is 0 Å². The Morgan fingerprint density at radius 2 is 1.68 bits per heavy atom. The molecule has 7 nitrogen and oxygen atoms in total. The predicted molar refractivity (Wildman–Crippen MR) is 118 cm³/mol. The number of hydrogen-bond acceptors (Lipinski definition) is 7. The molecule has 0 fully saturated rings. The number of nitrogens with zero attached hydrogens (tertiary/aromatic N) is 3. The molecule has 0 N–H and O–H groups in total. The Hall–Kier alpha value is -2.78. The molecule has 3 aromatic rings. The van der Waals surface area contributed by atoms with Crippen LogP contribution in [0.4, 0.5) is 4.39 Å². The first kappa shape index (κ1) is 22.9. The monoisotopic (exact) mass is 447 g/mol. The summed E-state index contributed by atoms with van der Waals surface area (Å²) in [7, 11) is 4.62. The molecule has 0 saturated heterocycles. The normalized spacial score (nSPS) is 11.1. The highest BCUT2D eigenvalue weighted by molar-refractivity contribution is 7.99. The second-order valence-corrected chi connectivity index (χ2v) is 7.84. The van der Waals surface area contributed by atoms with Gasteiger partial charge in [-0.1, -0.05) is 23.9 Å². The molecule has 0 atom stereocenters. The van der Waals surface area contributed by atoms with Crippen molar-refractivity contribution in [3.05, 3.63) is 42.2 Å². The van der Waals surface area contributed by atoms with Gasteiger partial charge in [0.05, 0.1) is 39.7 Å². The number of thioether (sulfide) groups is 1. The molecule has 166 valence electrons. The molecule has 0 saturated carbocycles. The fourth-order valence-corrected chi connectivity index (χ4v) is 3.80. The molecule has 1 aromatic heterocycles. The summed E-state index contributed by atoms with van der Waals surface area (Å²) in [5.41, 5.74) is 0.999. The Morgan fingerprint density at radius 1 is 1.00 bits per heavy atom. The first-order chi connectivity index (χ1) is 15.0. The maximum atomic E-state index is 14.8. The number of benzene rings is 2. The molecule has 0 radical (unpaired) electrons. The lowest BCUT2D eigenvalue weighted by molar-refractivity contribution is 0.0920. The van der Waals surface area contributed by atoms with Crippen LogP contribution in [0.2, 0.25) is 0 Å². The van der Waals surface area contributed by atoms with E-state index in [0.717, 1.165) is 0 Å². The predicted octanol–water partition coefficient (Wildman–Crippen LogP) is 4.62. The van der Waals surface area contributed by atoms with E-state index < -0.39 is 0 Å². The minimum absolute atomic E-state index is 0.139. The van der Waals surface area contributed by atoms with E-state index in [1.165, 1.54) is 24.9 Å². The van der Waals surface area contributed by atoms with E-state index in [9.17, 15) is 4.39 Å². The minimum atomic E-state index is -0.378. The van der Waals surface area contributed by atoms with Gasteiger partial charge in [-0.05, 0) is 38.1 Å². The molecule has 0 aliphatic heterocycles. The van der Waals surface area contributed by atoms with Gasteiger partial charge >= 0.3 is 0 Å². The van der Waals surface area contributed by atoms with Crippen molar-refractivity contribution >= 4 is 11.8 Å². The van der Waals surface area contributed by atoms with Crippen LogP contribution in [0.1, 0.15) is 13.8 Å². The summed E-state index contributed by atoms with van der Waals surface area (Å²) >= 11 is 1.45. The lowest BCUT2D eigenvalue weighted by Gasteiger charge is -2.15. The summed E-state index contributed by atoms with van der Waals surface area (Å²) in [6, 6.07) is 10.0. The van der Waals surface area contributed by atoms with Gasteiger partial charge in [0.2, 0.25) is 5.75 Å². The Bertz CT molecular complexity index is 1000. The third-order valence-electron chi connectivity index (χ3n) is 4.42. The fourth-order valence-electron chi connectivity index (χ4n) is 3.03. The van der Waals surface area contributed by atoms with Gasteiger partial charge in [0.25, 0.3) is 0 Å². The van der Waals surface area contributed by atoms with Gasteiger partial charge in [-0.2, -0.15) is 0 Å². The van der Waals surface area contributed by atoms with Gasteiger partial charge in [0.15, 0.2) is 22.5 Å². The molecule has 0 amide bonds. The second-order valence-electron chi connectivity index (χ2n) is 6.78. The van der Waals surface area contributed by atoms with Gasteiger partial charge in [-0.3, -0.25) is 4.57 Å². The summed E-state index contributed by atoms with van der Waals surface area (Å²) in [5.74, 6) is 2.14. The van der Waals surface area contributed by atoms with E-state index in [-0.39, 0.29) is 11.9 Å². The Balaban J connectivity index is 2.10. The van der Waals surface area contributed by atoms with E-state index in [2.05, 4.69) is 10.2 Å². The van der Waals surface area contributed by atoms with Crippen molar-refractivity contribution in [2.45, 2.75) is 25.1 Å². The van der Waals surface area contributed by atoms with Crippen LogP contribution in [0, 0.1) is 5.82 Å². The van der Waals surface area contributed by atoms with Crippen LogP contribution >= 0.6 is 11.8 Å². The molecule has 3 rings (SSSR count). The molecule has 1 heterocycles. The molecule has 0 aliphatic carbocycles. The molecule has 0 bridgehead atoms. The third kappa shape index (κ3) is 5.11. The fraction of sp³-hybridized carbons (Fsp3) is 0.364. The third-order valence-corrected chi connectivity index (χ3v) is 5.31. The summed E-state index contributed by atoms with van der Waals surface area (Å²) < 4.78 is 38.4. The highest BCUT2D eigenvalue weighted by Crippen LogP contribution is 2.41. The molecule has 0 aliphatic rings. The van der Waals surface area contributed by atoms with Crippen LogP contribution in [0.5, 0.6) is 17.2 Å². The van der Waals surface area contributed by atoms with E-state index in [4.69, 9.17) is 18.9 Å². The Morgan fingerprint density at radius 3 is 2.26 bits per heavy atom. The zero-order valence-electron chi connectivity index (χ0n) is 18.2. The maximum absolute atomic E-state index is 14.8. The van der Waals surface area contributed by atoms with Crippen molar-refractivity contribution in [1.82, 2.24) is 14.8 Å². The molecule has 0 unspecified atom stereocenters. The smallest absolute Gasteiger partial charge is 0.203 e. The SMILES string of the molecule is COc1cc(-c2nnc(SCCOC(C)C)n2-c2ccccc2F)cc(OC)c1OC. The van der Waals surface area contributed by atoms with E-state index in [0.29, 0.717) is 51.8 Å². The average Bonchev–Trinajstić information content (AvgIpc) is 3.19.